The Morgan fingerprint density at radius 1 is 1.18 bits per heavy atom. The lowest BCUT2D eigenvalue weighted by Gasteiger charge is -2.12. The summed E-state index contributed by atoms with van der Waals surface area (Å²) in [5.41, 5.74) is 10.4. The Morgan fingerprint density at radius 3 is 2.61 bits per heavy atom. The highest BCUT2D eigenvalue weighted by Crippen LogP contribution is 2.27. The van der Waals surface area contributed by atoms with E-state index >= 15 is 0 Å². The predicted molar refractivity (Wildman–Crippen MR) is 113 cm³/mol. The Hall–Kier alpha value is -3.19. The molecule has 3 N–H and O–H groups in total. The van der Waals surface area contributed by atoms with Crippen molar-refractivity contribution in [3.63, 3.8) is 0 Å². The molecule has 0 aliphatic rings. The fourth-order valence-corrected chi connectivity index (χ4v) is 3.31. The van der Waals surface area contributed by atoms with E-state index in [0.29, 0.717) is 17.8 Å². The number of nitrogens with zero attached hydrogens (tertiary/aromatic N) is 1. The van der Waals surface area contributed by atoms with E-state index in [4.69, 9.17) is 22.7 Å². The van der Waals surface area contributed by atoms with Crippen LogP contribution in [-0.4, -0.2) is 28.7 Å². The second kappa shape index (κ2) is 7.82. The van der Waals surface area contributed by atoms with Gasteiger partial charge in [-0.3, -0.25) is 10.1 Å². The molecule has 0 saturated heterocycles. The largest absolute Gasteiger partial charge is 0.465 e. The summed E-state index contributed by atoms with van der Waals surface area (Å²) >= 11 is 4.82. The average Bonchev–Trinajstić information content (AvgIpc) is 3.03. The Balaban J connectivity index is 2.13. The lowest BCUT2D eigenvalue weighted by atomic mass is 10.1. The Labute approximate surface area is 168 Å². The molecule has 2 aromatic carbocycles. The molecule has 0 fully saturated rings. The number of nitrogens with one attached hydrogen (secondary N) is 1. The minimum Gasteiger partial charge on any atom is -0.465 e. The third-order valence-electron chi connectivity index (χ3n) is 4.78. The molecule has 3 rings (SSSR count). The number of amides is 1. The summed E-state index contributed by atoms with van der Waals surface area (Å²) in [7, 11) is 1.34. The molecular formula is C21H21N3O3S. The number of fused-ring (bicyclic) bond motifs is 1. The van der Waals surface area contributed by atoms with Gasteiger partial charge in [-0.2, -0.15) is 0 Å². The molecule has 0 atom stereocenters. The zero-order chi connectivity index (χ0) is 20.4. The summed E-state index contributed by atoms with van der Waals surface area (Å²) < 4.78 is 6.69. The van der Waals surface area contributed by atoms with Crippen LogP contribution < -0.4 is 11.1 Å². The molecule has 0 spiro atoms. The number of carbonyl (C=O) groups excluding carboxylic acids is 2. The van der Waals surface area contributed by atoms with Crippen LogP contribution in [0, 0.1) is 13.8 Å². The number of ether oxygens (including phenoxy) is 1. The van der Waals surface area contributed by atoms with Crippen LogP contribution in [0.4, 0.5) is 0 Å². The SMILES string of the molecule is COC(=O)c1cccc(Cn2c(C(=O)NC(N)=S)cc3c(C)c(C)ccc32)c1. The van der Waals surface area contributed by atoms with Gasteiger partial charge in [-0.05, 0) is 67.0 Å². The molecule has 0 unspecified atom stereocenters. The first-order chi connectivity index (χ1) is 13.3. The highest BCUT2D eigenvalue weighted by molar-refractivity contribution is 7.80. The summed E-state index contributed by atoms with van der Waals surface area (Å²) in [5, 5.41) is 3.40. The van der Waals surface area contributed by atoms with Gasteiger partial charge in [0, 0.05) is 17.4 Å². The summed E-state index contributed by atoms with van der Waals surface area (Å²) in [4.78, 5) is 24.5. The molecule has 0 aliphatic heterocycles. The molecule has 0 saturated carbocycles. The van der Waals surface area contributed by atoms with E-state index in [9.17, 15) is 9.59 Å². The van der Waals surface area contributed by atoms with E-state index in [-0.39, 0.29) is 11.0 Å². The summed E-state index contributed by atoms with van der Waals surface area (Å²) in [6.45, 7) is 4.45. The van der Waals surface area contributed by atoms with Crippen molar-refractivity contribution in [1.29, 1.82) is 0 Å². The number of thiocarbonyl (C=S) groups is 1. The summed E-state index contributed by atoms with van der Waals surface area (Å²) in [6, 6.07) is 13.0. The fourth-order valence-electron chi connectivity index (χ4n) is 3.22. The standard InChI is InChI=1S/C21H21N3O3S/c1-12-7-8-17-16(13(12)2)10-18(19(25)23-21(22)28)24(17)11-14-5-4-6-15(9-14)20(26)27-3/h4-10H,11H2,1-3H3,(H3,22,23,25,28). The van der Waals surface area contributed by atoms with Gasteiger partial charge in [-0.1, -0.05) is 18.2 Å². The zero-order valence-electron chi connectivity index (χ0n) is 15.9. The van der Waals surface area contributed by atoms with E-state index < -0.39 is 5.97 Å². The monoisotopic (exact) mass is 395 g/mol. The topological polar surface area (TPSA) is 86.3 Å². The molecule has 1 heterocycles. The third-order valence-corrected chi connectivity index (χ3v) is 4.89. The summed E-state index contributed by atoms with van der Waals surface area (Å²) in [6.07, 6.45) is 0. The molecule has 28 heavy (non-hydrogen) atoms. The van der Waals surface area contributed by atoms with Crippen LogP contribution in [0.1, 0.15) is 37.5 Å². The van der Waals surface area contributed by atoms with Gasteiger partial charge in [0.15, 0.2) is 5.11 Å². The molecule has 6 nitrogen and oxygen atoms in total. The van der Waals surface area contributed by atoms with Gasteiger partial charge in [0.25, 0.3) is 5.91 Å². The second-order valence-corrected chi connectivity index (χ2v) is 7.01. The molecule has 0 bridgehead atoms. The van der Waals surface area contributed by atoms with E-state index in [2.05, 4.69) is 5.32 Å². The van der Waals surface area contributed by atoms with Crippen molar-refractivity contribution < 1.29 is 14.3 Å². The lowest BCUT2D eigenvalue weighted by molar-refractivity contribution is 0.0600. The normalized spacial score (nSPS) is 10.7. The van der Waals surface area contributed by atoms with Crippen LogP contribution in [0.3, 0.4) is 0 Å². The minimum absolute atomic E-state index is 0.0811. The fraction of sp³-hybridized carbons (Fsp3) is 0.190. The zero-order valence-corrected chi connectivity index (χ0v) is 16.7. The molecule has 3 aromatic rings. The van der Waals surface area contributed by atoms with Crippen molar-refractivity contribution in [1.82, 2.24) is 9.88 Å². The highest BCUT2D eigenvalue weighted by atomic mass is 32.1. The average molecular weight is 395 g/mol. The van der Waals surface area contributed by atoms with Gasteiger partial charge < -0.3 is 15.0 Å². The number of methoxy groups -OCH3 is 1. The number of carbonyl (C=O) groups is 2. The minimum atomic E-state index is -0.405. The number of aryl methyl sites for hydroxylation is 2. The first-order valence-corrected chi connectivity index (χ1v) is 9.10. The smallest absolute Gasteiger partial charge is 0.337 e. The molecule has 0 radical (unpaired) electrons. The number of esters is 1. The number of benzene rings is 2. The molecular weight excluding hydrogens is 374 g/mol. The first-order valence-electron chi connectivity index (χ1n) is 8.69. The number of hydrogen-bond acceptors (Lipinski definition) is 4. The van der Waals surface area contributed by atoms with Crippen LogP contribution in [0.2, 0.25) is 0 Å². The van der Waals surface area contributed by atoms with Gasteiger partial charge in [0.1, 0.15) is 5.69 Å². The molecule has 1 aromatic heterocycles. The Morgan fingerprint density at radius 2 is 1.93 bits per heavy atom. The van der Waals surface area contributed by atoms with Crippen LogP contribution >= 0.6 is 12.2 Å². The van der Waals surface area contributed by atoms with Crippen LogP contribution in [0.5, 0.6) is 0 Å². The van der Waals surface area contributed by atoms with Crippen molar-refractivity contribution >= 4 is 40.1 Å². The number of rotatable bonds is 4. The van der Waals surface area contributed by atoms with Crippen LogP contribution in [-0.2, 0) is 11.3 Å². The van der Waals surface area contributed by atoms with Gasteiger partial charge in [0.2, 0.25) is 0 Å². The maximum absolute atomic E-state index is 12.7. The lowest BCUT2D eigenvalue weighted by Crippen LogP contribution is -2.35. The van der Waals surface area contributed by atoms with Crippen LogP contribution in [0.25, 0.3) is 10.9 Å². The van der Waals surface area contributed by atoms with E-state index in [1.54, 1.807) is 18.2 Å². The van der Waals surface area contributed by atoms with E-state index in [1.807, 2.05) is 42.7 Å². The van der Waals surface area contributed by atoms with Gasteiger partial charge in [0.05, 0.1) is 12.7 Å². The van der Waals surface area contributed by atoms with Gasteiger partial charge in [-0.25, -0.2) is 4.79 Å². The van der Waals surface area contributed by atoms with Crippen molar-refractivity contribution in [2.75, 3.05) is 7.11 Å². The quantitative estimate of drug-likeness (QED) is 0.524. The van der Waals surface area contributed by atoms with Gasteiger partial charge in [-0.15, -0.1) is 0 Å². The van der Waals surface area contributed by atoms with Gasteiger partial charge >= 0.3 is 5.97 Å². The third kappa shape index (κ3) is 3.75. The maximum atomic E-state index is 12.7. The number of nitrogens with two attached hydrogens (primary N) is 1. The molecule has 0 aliphatic carbocycles. The Kier molecular flexibility index (Phi) is 5.46. The molecule has 7 heteroatoms. The van der Waals surface area contributed by atoms with Crippen molar-refractivity contribution in [2.45, 2.75) is 20.4 Å². The van der Waals surface area contributed by atoms with Crippen molar-refractivity contribution in [2.24, 2.45) is 5.73 Å². The van der Waals surface area contributed by atoms with Crippen molar-refractivity contribution in [3.8, 4) is 0 Å². The summed E-state index contributed by atoms with van der Waals surface area (Å²) in [5.74, 6) is -0.776. The van der Waals surface area contributed by atoms with Crippen molar-refractivity contribution in [3.05, 3.63) is 70.4 Å². The van der Waals surface area contributed by atoms with E-state index in [1.165, 1.54) is 7.11 Å². The predicted octanol–water partition coefficient (Wildman–Crippen LogP) is 3.07. The number of hydrogen-bond donors (Lipinski definition) is 2. The van der Waals surface area contributed by atoms with Crippen LogP contribution in [0.15, 0.2) is 42.5 Å². The highest BCUT2D eigenvalue weighted by Gasteiger charge is 2.18. The molecule has 144 valence electrons. The first kappa shape index (κ1) is 19.6. The maximum Gasteiger partial charge on any atom is 0.337 e. The Bertz CT molecular complexity index is 1100. The second-order valence-electron chi connectivity index (χ2n) is 6.57. The molecule has 1 amide bonds. The number of aromatic nitrogens is 1. The van der Waals surface area contributed by atoms with E-state index in [0.717, 1.165) is 27.6 Å².